The molecule has 0 saturated carbocycles. The maximum atomic E-state index is 2.28. The van der Waals surface area contributed by atoms with Crippen molar-refractivity contribution in [3.63, 3.8) is 0 Å². The number of hydrogen-bond acceptors (Lipinski definition) is 0. The van der Waals surface area contributed by atoms with E-state index in [0.717, 1.165) is 6.54 Å². The molecule has 1 heteroatoms. The quantitative estimate of drug-likeness (QED) is 0.706. The van der Waals surface area contributed by atoms with Gasteiger partial charge in [-0.25, -0.2) is 0 Å². The fraction of sp³-hybridized carbons (Fsp3) is 0.500. The smallest absolute Gasteiger partial charge is 0.131 e. The van der Waals surface area contributed by atoms with Gasteiger partial charge in [-0.2, -0.15) is 0 Å². The molecule has 1 atom stereocenters. The van der Waals surface area contributed by atoms with E-state index in [0.29, 0.717) is 0 Å². The topological polar surface area (TPSA) is 4.44 Å². The van der Waals surface area contributed by atoms with E-state index in [1.54, 1.807) is 0 Å². The summed E-state index contributed by atoms with van der Waals surface area (Å²) in [4.78, 5) is 1.54. The molecule has 0 radical (unpaired) electrons. The summed E-state index contributed by atoms with van der Waals surface area (Å²) >= 11 is 0. The zero-order valence-corrected chi connectivity index (χ0v) is 9.09. The van der Waals surface area contributed by atoms with Crippen molar-refractivity contribution in [3.8, 4) is 0 Å². The van der Waals surface area contributed by atoms with Gasteiger partial charge in [0.25, 0.3) is 0 Å². The summed E-state index contributed by atoms with van der Waals surface area (Å²) in [5, 5.41) is 0. The molecule has 0 fully saturated rings. The van der Waals surface area contributed by atoms with Crippen molar-refractivity contribution in [3.05, 3.63) is 30.3 Å². The van der Waals surface area contributed by atoms with Gasteiger partial charge in [0.1, 0.15) is 5.69 Å². The molecule has 1 nitrogen and oxygen atoms in total. The van der Waals surface area contributed by atoms with E-state index in [1.165, 1.54) is 10.6 Å². The van der Waals surface area contributed by atoms with Crippen LogP contribution in [0.25, 0.3) is 0 Å². The van der Waals surface area contributed by atoms with Crippen LogP contribution in [0.2, 0.25) is 0 Å². The highest BCUT2D eigenvalue weighted by molar-refractivity contribution is 5.28. The summed E-state index contributed by atoms with van der Waals surface area (Å²) in [5.41, 5.74) is 1.67. The molecule has 0 aliphatic heterocycles. The van der Waals surface area contributed by atoms with Crippen LogP contribution in [0, 0.1) is 0 Å². The zero-order valence-electron chi connectivity index (χ0n) is 9.09. The van der Waals surface area contributed by atoms with Crippen LogP contribution in [0.3, 0.4) is 0 Å². The van der Waals surface area contributed by atoms with Crippen molar-refractivity contribution in [1.82, 2.24) is 0 Å². The van der Waals surface area contributed by atoms with Crippen LogP contribution in [-0.2, 0) is 0 Å². The molecule has 1 unspecified atom stereocenters. The third-order valence-electron chi connectivity index (χ3n) is 2.38. The van der Waals surface area contributed by atoms with Gasteiger partial charge in [-0.1, -0.05) is 18.2 Å². The highest BCUT2D eigenvalue weighted by atomic mass is 15.2. The number of hydrogen-bond donors (Lipinski definition) is 1. The SMILES string of the molecule is CC[NH+](c1ccccc1)C(C)(C)C. The molecule has 0 aromatic heterocycles. The molecule has 0 bridgehead atoms. The van der Waals surface area contributed by atoms with Gasteiger partial charge in [0, 0.05) is 0 Å². The van der Waals surface area contributed by atoms with Gasteiger partial charge < -0.3 is 0 Å². The standard InChI is InChI=1S/C12H19N/c1-5-13(12(2,3)4)11-9-7-6-8-10-11/h6-10H,5H2,1-4H3/p+1. The van der Waals surface area contributed by atoms with Crippen LogP contribution in [0.15, 0.2) is 30.3 Å². The first kappa shape index (κ1) is 10.3. The minimum absolute atomic E-state index is 0.288. The molecule has 72 valence electrons. The Balaban J connectivity index is 2.92. The predicted molar refractivity (Wildman–Crippen MR) is 57.4 cm³/mol. The molecule has 1 N–H and O–H groups in total. The van der Waals surface area contributed by atoms with Gasteiger partial charge in [0.15, 0.2) is 0 Å². The van der Waals surface area contributed by atoms with Crippen molar-refractivity contribution < 1.29 is 4.90 Å². The Morgan fingerprint density at radius 3 is 2.00 bits per heavy atom. The molecule has 0 saturated heterocycles. The van der Waals surface area contributed by atoms with Crippen molar-refractivity contribution in [2.24, 2.45) is 0 Å². The maximum Gasteiger partial charge on any atom is 0.131 e. The van der Waals surface area contributed by atoms with Crippen molar-refractivity contribution in [2.75, 3.05) is 6.54 Å². The van der Waals surface area contributed by atoms with Crippen LogP contribution in [-0.4, -0.2) is 12.1 Å². The lowest BCUT2D eigenvalue weighted by Crippen LogP contribution is -3.14. The lowest BCUT2D eigenvalue weighted by molar-refractivity contribution is -0.882. The highest BCUT2D eigenvalue weighted by Crippen LogP contribution is 2.04. The van der Waals surface area contributed by atoms with Gasteiger partial charge in [0.2, 0.25) is 0 Å². The monoisotopic (exact) mass is 178 g/mol. The average Bonchev–Trinajstić information content (AvgIpc) is 2.05. The first-order valence-electron chi connectivity index (χ1n) is 4.97. The zero-order chi connectivity index (χ0) is 9.90. The Bertz CT molecular complexity index is 246. The molecule has 1 aromatic carbocycles. The molecule has 0 spiro atoms. The fourth-order valence-corrected chi connectivity index (χ4v) is 1.81. The third-order valence-corrected chi connectivity index (χ3v) is 2.38. The number of quaternary nitrogens is 1. The molecule has 0 aliphatic carbocycles. The largest absolute Gasteiger partial charge is 0.299 e. The second-order valence-electron chi connectivity index (χ2n) is 4.45. The number of nitrogens with one attached hydrogen (secondary N) is 1. The summed E-state index contributed by atoms with van der Waals surface area (Å²) in [7, 11) is 0. The molecule has 0 heterocycles. The van der Waals surface area contributed by atoms with Crippen LogP contribution < -0.4 is 4.90 Å². The summed E-state index contributed by atoms with van der Waals surface area (Å²) in [6.07, 6.45) is 0. The Morgan fingerprint density at radius 2 is 1.62 bits per heavy atom. The van der Waals surface area contributed by atoms with E-state index < -0.39 is 0 Å². The van der Waals surface area contributed by atoms with Gasteiger partial charge >= 0.3 is 0 Å². The Kier molecular flexibility index (Phi) is 3.10. The lowest BCUT2D eigenvalue weighted by atomic mass is 10.1. The summed E-state index contributed by atoms with van der Waals surface area (Å²) < 4.78 is 0. The predicted octanol–water partition coefficient (Wildman–Crippen LogP) is 2.02. The van der Waals surface area contributed by atoms with Gasteiger partial charge in [-0.15, -0.1) is 0 Å². The first-order chi connectivity index (χ1) is 6.05. The van der Waals surface area contributed by atoms with Crippen LogP contribution >= 0.6 is 0 Å². The first-order valence-corrected chi connectivity index (χ1v) is 4.97. The van der Waals surface area contributed by atoms with Crippen molar-refractivity contribution in [1.29, 1.82) is 0 Å². The van der Waals surface area contributed by atoms with E-state index in [2.05, 4.69) is 58.0 Å². The number of para-hydroxylation sites is 1. The van der Waals surface area contributed by atoms with Crippen molar-refractivity contribution in [2.45, 2.75) is 33.2 Å². The minimum atomic E-state index is 0.288. The maximum absolute atomic E-state index is 2.28. The van der Waals surface area contributed by atoms with Crippen LogP contribution in [0.4, 0.5) is 5.69 Å². The van der Waals surface area contributed by atoms with E-state index >= 15 is 0 Å². The molecule has 13 heavy (non-hydrogen) atoms. The van der Waals surface area contributed by atoms with E-state index in [1.807, 2.05) is 0 Å². The summed E-state index contributed by atoms with van der Waals surface area (Å²) in [6.45, 7) is 10.2. The average molecular weight is 178 g/mol. The molecule has 0 amide bonds. The number of benzene rings is 1. The van der Waals surface area contributed by atoms with Crippen molar-refractivity contribution >= 4 is 5.69 Å². The molecule has 1 rings (SSSR count). The Morgan fingerprint density at radius 1 is 1.08 bits per heavy atom. The Hall–Kier alpha value is -0.820. The minimum Gasteiger partial charge on any atom is -0.299 e. The second kappa shape index (κ2) is 3.93. The lowest BCUT2D eigenvalue weighted by Gasteiger charge is -2.30. The fourth-order valence-electron chi connectivity index (χ4n) is 1.81. The van der Waals surface area contributed by atoms with Crippen LogP contribution in [0.5, 0.6) is 0 Å². The molecular formula is C12H20N+. The summed E-state index contributed by atoms with van der Waals surface area (Å²) in [5.74, 6) is 0. The Labute approximate surface area is 81.4 Å². The summed E-state index contributed by atoms with van der Waals surface area (Å²) in [6, 6.07) is 10.7. The molecule has 1 aromatic rings. The van der Waals surface area contributed by atoms with Gasteiger partial charge in [-0.05, 0) is 39.8 Å². The van der Waals surface area contributed by atoms with Gasteiger partial charge in [0.05, 0.1) is 12.1 Å². The van der Waals surface area contributed by atoms with Gasteiger partial charge in [-0.3, -0.25) is 4.90 Å². The van der Waals surface area contributed by atoms with E-state index in [-0.39, 0.29) is 5.54 Å². The van der Waals surface area contributed by atoms with Crippen LogP contribution in [0.1, 0.15) is 27.7 Å². The molecule has 0 aliphatic rings. The van der Waals surface area contributed by atoms with E-state index in [9.17, 15) is 0 Å². The van der Waals surface area contributed by atoms with E-state index in [4.69, 9.17) is 0 Å². The third kappa shape index (κ3) is 2.56. The second-order valence-corrected chi connectivity index (χ2v) is 4.45. The normalized spacial score (nSPS) is 14.2. The molecular weight excluding hydrogens is 158 g/mol. The highest BCUT2D eigenvalue weighted by Gasteiger charge is 2.24. The number of rotatable bonds is 2.